The summed E-state index contributed by atoms with van der Waals surface area (Å²) in [6.07, 6.45) is 0.442. The number of nitrogens with two attached hydrogens (primary N) is 1. The topological polar surface area (TPSA) is 69.4 Å². The fraction of sp³-hybridized carbons (Fsp3) is 0.500. The van der Waals surface area contributed by atoms with Gasteiger partial charge in [-0.1, -0.05) is 11.6 Å². The Labute approximate surface area is 112 Å². The van der Waals surface area contributed by atoms with Crippen molar-refractivity contribution >= 4 is 21.4 Å². The van der Waals surface area contributed by atoms with Gasteiger partial charge in [0.25, 0.3) is 0 Å². The van der Waals surface area contributed by atoms with Gasteiger partial charge < -0.3 is 10.5 Å². The van der Waals surface area contributed by atoms with Gasteiger partial charge in [-0.3, -0.25) is 0 Å². The van der Waals surface area contributed by atoms with Gasteiger partial charge in [-0.15, -0.1) is 0 Å². The SMILES string of the molecule is CCOCC1(N)CC1S(=O)(=O)c1ccc(Cl)cc1. The maximum absolute atomic E-state index is 12.3. The van der Waals surface area contributed by atoms with Crippen LogP contribution in [0.5, 0.6) is 0 Å². The number of sulfone groups is 1. The van der Waals surface area contributed by atoms with Crippen LogP contribution >= 0.6 is 11.6 Å². The standard InChI is InChI=1S/C12H16ClNO3S/c1-2-17-8-12(14)7-11(12)18(15,16)10-5-3-9(13)4-6-10/h3-6,11H,2,7-8,14H2,1H3. The van der Waals surface area contributed by atoms with E-state index in [1.165, 1.54) is 12.1 Å². The number of benzene rings is 1. The smallest absolute Gasteiger partial charge is 0.183 e. The average molecular weight is 290 g/mol. The summed E-state index contributed by atoms with van der Waals surface area (Å²) in [5.41, 5.74) is 5.26. The average Bonchev–Trinajstić information content (AvgIpc) is 3.01. The number of hydrogen-bond acceptors (Lipinski definition) is 4. The summed E-state index contributed by atoms with van der Waals surface area (Å²) in [5.74, 6) is 0. The lowest BCUT2D eigenvalue weighted by atomic mass is 10.3. The zero-order chi connectivity index (χ0) is 13.4. The number of halogens is 1. The van der Waals surface area contributed by atoms with Crippen molar-refractivity contribution in [3.05, 3.63) is 29.3 Å². The first-order chi connectivity index (χ1) is 8.40. The minimum atomic E-state index is -3.38. The zero-order valence-corrected chi connectivity index (χ0v) is 11.7. The fourth-order valence-corrected chi connectivity index (χ4v) is 4.12. The van der Waals surface area contributed by atoms with Gasteiger partial charge in [0.15, 0.2) is 9.84 Å². The summed E-state index contributed by atoms with van der Waals surface area (Å²) in [4.78, 5) is 0.265. The molecule has 0 bridgehead atoms. The first kappa shape index (κ1) is 13.8. The molecule has 0 spiro atoms. The molecular formula is C12H16ClNO3S. The second-order valence-electron chi connectivity index (χ2n) is 4.56. The molecule has 2 rings (SSSR count). The van der Waals surface area contributed by atoms with E-state index in [1.807, 2.05) is 6.92 Å². The normalized spacial score (nSPS) is 27.2. The molecule has 2 N–H and O–H groups in total. The van der Waals surface area contributed by atoms with Gasteiger partial charge in [0.1, 0.15) is 0 Å². The predicted octanol–water partition coefficient (Wildman–Crippen LogP) is 1.62. The van der Waals surface area contributed by atoms with Crippen molar-refractivity contribution in [2.45, 2.75) is 29.0 Å². The monoisotopic (exact) mass is 289 g/mol. The van der Waals surface area contributed by atoms with Crippen LogP contribution in [0.15, 0.2) is 29.2 Å². The summed E-state index contributed by atoms with van der Waals surface area (Å²) < 4.78 is 29.8. The molecule has 1 saturated carbocycles. The summed E-state index contributed by atoms with van der Waals surface area (Å²) >= 11 is 5.74. The van der Waals surface area contributed by atoms with Crippen molar-refractivity contribution in [3.8, 4) is 0 Å². The molecular weight excluding hydrogens is 274 g/mol. The third kappa shape index (κ3) is 2.54. The molecule has 1 aliphatic rings. The second kappa shape index (κ2) is 4.81. The Morgan fingerprint density at radius 1 is 1.44 bits per heavy atom. The lowest BCUT2D eigenvalue weighted by molar-refractivity contribution is 0.127. The molecule has 2 atom stereocenters. The number of rotatable bonds is 5. The van der Waals surface area contributed by atoms with Crippen molar-refractivity contribution in [1.29, 1.82) is 0 Å². The lowest BCUT2D eigenvalue weighted by Crippen LogP contribution is -2.35. The molecule has 0 aromatic heterocycles. The van der Waals surface area contributed by atoms with Gasteiger partial charge in [0.2, 0.25) is 0 Å². The molecule has 2 unspecified atom stereocenters. The Kier molecular flexibility index (Phi) is 3.69. The Morgan fingerprint density at radius 3 is 2.61 bits per heavy atom. The summed E-state index contributed by atoms with van der Waals surface area (Å²) in [7, 11) is -3.38. The van der Waals surface area contributed by atoms with E-state index < -0.39 is 20.6 Å². The molecule has 18 heavy (non-hydrogen) atoms. The molecule has 0 saturated heterocycles. The van der Waals surface area contributed by atoms with Crippen molar-refractivity contribution in [1.82, 2.24) is 0 Å². The third-order valence-electron chi connectivity index (χ3n) is 3.14. The van der Waals surface area contributed by atoms with E-state index in [0.29, 0.717) is 18.1 Å². The van der Waals surface area contributed by atoms with E-state index in [-0.39, 0.29) is 11.5 Å². The second-order valence-corrected chi connectivity index (χ2v) is 7.13. The van der Waals surface area contributed by atoms with Crippen LogP contribution in [0.25, 0.3) is 0 Å². The van der Waals surface area contributed by atoms with Crippen LogP contribution in [0.4, 0.5) is 0 Å². The van der Waals surface area contributed by atoms with Gasteiger partial charge in [0.05, 0.1) is 22.3 Å². The van der Waals surface area contributed by atoms with E-state index >= 15 is 0 Å². The largest absolute Gasteiger partial charge is 0.380 e. The minimum Gasteiger partial charge on any atom is -0.380 e. The summed E-state index contributed by atoms with van der Waals surface area (Å²) in [5, 5.41) is -0.0456. The Bertz CT molecular complexity index is 529. The molecule has 4 nitrogen and oxygen atoms in total. The molecule has 6 heteroatoms. The van der Waals surface area contributed by atoms with E-state index in [1.54, 1.807) is 12.1 Å². The van der Waals surface area contributed by atoms with Crippen molar-refractivity contribution in [3.63, 3.8) is 0 Å². The van der Waals surface area contributed by atoms with E-state index in [0.717, 1.165) is 0 Å². The minimum absolute atomic E-state index is 0.265. The van der Waals surface area contributed by atoms with E-state index in [2.05, 4.69) is 0 Å². The molecule has 1 aromatic carbocycles. The van der Waals surface area contributed by atoms with Crippen LogP contribution < -0.4 is 5.73 Å². The Balaban J connectivity index is 2.17. The van der Waals surface area contributed by atoms with Crippen LogP contribution in [-0.2, 0) is 14.6 Å². The van der Waals surface area contributed by atoms with Crippen LogP contribution in [-0.4, -0.2) is 32.4 Å². The van der Waals surface area contributed by atoms with Crippen LogP contribution in [0.1, 0.15) is 13.3 Å². The number of ether oxygens (including phenoxy) is 1. The molecule has 100 valence electrons. The quantitative estimate of drug-likeness (QED) is 0.894. The third-order valence-corrected chi connectivity index (χ3v) is 5.70. The van der Waals surface area contributed by atoms with E-state index in [9.17, 15) is 8.42 Å². The van der Waals surface area contributed by atoms with Gasteiger partial charge >= 0.3 is 0 Å². The van der Waals surface area contributed by atoms with Crippen molar-refractivity contribution in [2.75, 3.05) is 13.2 Å². The van der Waals surface area contributed by atoms with Gasteiger partial charge in [-0.25, -0.2) is 8.42 Å². The summed E-state index contributed by atoms with van der Waals surface area (Å²) in [6, 6.07) is 6.16. The Morgan fingerprint density at radius 2 is 2.06 bits per heavy atom. The highest BCUT2D eigenvalue weighted by Gasteiger charge is 2.59. The molecule has 0 aliphatic heterocycles. The maximum atomic E-state index is 12.3. The Hall–Kier alpha value is -0.620. The van der Waals surface area contributed by atoms with Crippen LogP contribution in [0.3, 0.4) is 0 Å². The highest BCUT2D eigenvalue weighted by atomic mass is 35.5. The van der Waals surface area contributed by atoms with Crippen LogP contribution in [0.2, 0.25) is 5.02 Å². The lowest BCUT2D eigenvalue weighted by Gasteiger charge is -2.11. The number of hydrogen-bond donors (Lipinski definition) is 1. The van der Waals surface area contributed by atoms with Crippen LogP contribution in [0, 0.1) is 0 Å². The van der Waals surface area contributed by atoms with Gasteiger partial charge in [0, 0.05) is 11.6 Å². The highest BCUT2D eigenvalue weighted by Crippen LogP contribution is 2.42. The molecule has 0 amide bonds. The molecule has 1 aliphatic carbocycles. The molecule has 1 aromatic rings. The zero-order valence-electron chi connectivity index (χ0n) is 10.1. The molecule has 0 radical (unpaired) electrons. The van der Waals surface area contributed by atoms with Gasteiger partial charge in [-0.05, 0) is 37.6 Å². The van der Waals surface area contributed by atoms with E-state index in [4.69, 9.17) is 22.1 Å². The fourth-order valence-electron chi connectivity index (χ4n) is 1.94. The van der Waals surface area contributed by atoms with Crippen molar-refractivity contribution < 1.29 is 13.2 Å². The molecule has 0 heterocycles. The highest BCUT2D eigenvalue weighted by molar-refractivity contribution is 7.92. The summed E-state index contributed by atoms with van der Waals surface area (Å²) in [6.45, 7) is 2.67. The first-order valence-corrected chi connectivity index (χ1v) is 7.68. The first-order valence-electron chi connectivity index (χ1n) is 5.76. The molecule has 1 fully saturated rings. The predicted molar refractivity (Wildman–Crippen MR) is 70.5 cm³/mol. The van der Waals surface area contributed by atoms with Gasteiger partial charge in [-0.2, -0.15) is 0 Å². The maximum Gasteiger partial charge on any atom is 0.183 e. The van der Waals surface area contributed by atoms with Crippen molar-refractivity contribution in [2.24, 2.45) is 5.73 Å².